The number of carbonyl (C=O) groups is 1. The molecular formula is C31H28ClN2O3+. The highest BCUT2D eigenvalue weighted by atomic mass is 35.5. The highest BCUT2D eigenvalue weighted by molar-refractivity contribution is 6.31. The summed E-state index contributed by atoms with van der Waals surface area (Å²) < 4.78 is 13.6. The van der Waals surface area contributed by atoms with Crippen LogP contribution in [-0.4, -0.2) is 31.6 Å². The summed E-state index contributed by atoms with van der Waals surface area (Å²) in [5, 5.41) is 0.738. The molecule has 1 atom stereocenters. The lowest BCUT2D eigenvalue weighted by Crippen LogP contribution is -2.43. The normalized spacial score (nSPS) is 15.5. The van der Waals surface area contributed by atoms with E-state index < -0.39 is 0 Å². The third-order valence-corrected chi connectivity index (χ3v) is 7.91. The molecule has 37 heavy (non-hydrogen) atoms. The molecule has 0 fully saturated rings. The van der Waals surface area contributed by atoms with Crippen molar-refractivity contribution >= 4 is 17.5 Å². The number of carbonyl (C=O) groups excluding carboxylic acids is 1. The van der Waals surface area contributed by atoms with Crippen LogP contribution in [0.25, 0.3) is 11.1 Å². The van der Waals surface area contributed by atoms with Gasteiger partial charge in [0.2, 0.25) is 0 Å². The van der Waals surface area contributed by atoms with Crippen LogP contribution < -0.4 is 14.0 Å². The third kappa shape index (κ3) is 4.04. The smallest absolute Gasteiger partial charge is 0.254 e. The first-order valence-electron chi connectivity index (χ1n) is 12.5. The molecule has 4 aromatic rings. The number of ether oxygens (including phenoxy) is 2. The van der Waals surface area contributed by atoms with Crippen LogP contribution >= 0.6 is 11.6 Å². The predicted molar refractivity (Wildman–Crippen MR) is 143 cm³/mol. The van der Waals surface area contributed by atoms with Crippen molar-refractivity contribution in [1.82, 2.24) is 4.90 Å². The van der Waals surface area contributed by atoms with E-state index in [0.717, 1.165) is 46.1 Å². The number of methoxy groups -OCH3 is 2. The Kier molecular flexibility index (Phi) is 6.09. The first kappa shape index (κ1) is 23.6. The molecule has 0 saturated heterocycles. The molecule has 6 heteroatoms. The molecule has 3 aromatic carbocycles. The maximum absolute atomic E-state index is 13.9. The monoisotopic (exact) mass is 511 g/mol. The summed E-state index contributed by atoms with van der Waals surface area (Å²) in [5.41, 5.74) is 7.54. The predicted octanol–water partition coefficient (Wildman–Crippen LogP) is 5.66. The lowest BCUT2D eigenvalue weighted by molar-refractivity contribution is -0.688. The fraction of sp³-hybridized carbons (Fsp3) is 0.226. The van der Waals surface area contributed by atoms with Gasteiger partial charge in [-0.3, -0.25) is 4.79 Å². The number of halogens is 1. The standard InChI is InChI=1S/C31H28ClN2O3/c1-36-27-18-22-13-16-34(26-17-21-7-3-5-9-24(21)29(28(22)26)30(27)37-2)31(35)20-11-14-33(15-12-20)19-23-8-4-6-10-25(23)32/h3-12,14-15,18,26H,13,16-17,19H2,1-2H3/q+1/t26-/m1/s1. The van der Waals surface area contributed by atoms with Gasteiger partial charge in [0.25, 0.3) is 5.91 Å². The van der Waals surface area contributed by atoms with Crippen molar-refractivity contribution in [3.8, 4) is 22.6 Å². The van der Waals surface area contributed by atoms with Gasteiger partial charge in [-0.1, -0.05) is 54.1 Å². The van der Waals surface area contributed by atoms with Crippen LogP contribution in [0.1, 0.15) is 38.7 Å². The minimum atomic E-state index is -0.0589. The maximum atomic E-state index is 13.9. The van der Waals surface area contributed by atoms with Gasteiger partial charge in [0.1, 0.15) is 0 Å². The average Bonchev–Trinajstić information content (AvgIpc) is 2.94. The Bertz CT molecular complexity index is 1500. The minimum absolute atomic E-state index is 0.0423. The lowest BCUT2D eigenvalue weighted by atomic mass is 9.76. The van der Waals surface area contributed by atoms with E-state index in [4.69, 9.17) is 21.1 Å². The van der Waals surface area contributed by atoms with Crippen molar-refractivity contribution in [2.24, 2.45) is 0 Å². The minimum Gasteiger partial charge on any atom is -0.493 e. The fourth-order valence-electron chi connectivity index (χ4n) is 5.77. The molecule has 0 bridgehead atoms. The Morgan fingerprint density at radius 2 is 1.76 bits per heavy atom. The summed E-state index contributed by atoms with van der Waals surface area (Å²) in [6.07, 6.45) is 5.44. The molecule has 5 nitrogen and oxygen atoms in total. The van der Waals surface area contributed by atoms with Gasteiger partial charge in [-0.15, -0.1) is 0 Å². The van der Waals surface area contributed by atoms with E-state index in [0.29, 0.717) is 18.7 Å². The summed E-state index contributed by atoms with van der Waals surface area (Å²) in [4.78, 5) is 15.9. The van der Waals surface area contributed by atoms with Gasteiger partial charge < -0.3 is 14.4 Å². The number of hydrogen-bond acceptors (Lipinski definition) is 3. The molecule has 0 saturated carbocycles. The van der Waals surface area contributed by atoms with E-state index in [1.165, 1.54) is 16.7 Å². The van der Waals surface area contributed by atoms with Gasteiger partial charge in [0.05, 0.1) is 30.8 Å². The van der Waals surface area contributed by atoms with Crippen LogP contribution in [0, 0.1) is 0 Å². The Labute approximate surface area is 221 Å². The Morgan fingerprint density at radius 3 is 2.51 bits per heavy atom. The molecule has 1 amide bonds. The van der Waals surface area contributed by atoms with Crippen molar-refractivity contribution in [1.29, 1.82) is 0 Å². The topological polar surface area (TPSA) is 42.7 Å². The van der Waals surface area contributed by atoms with Crippen LogP contribution in [-0.2, 0) is 19.4 Å². The zero-order valence-corrected chi connectivity index (χ0v) is 21.7. The Balaban J connectivity index is 1.35. The maximum Gasteiger partial charge on any atom is 0.254 e. The van der Waals surface area contributed by atoms with E-state index in [1.807, 2.05) is 58.3 Å². The van der Waals surface area contributed by atoms with Crippen LogP contribution in [0.5, 0.6) is 11.5 Å². The van der Waals surface area contributed by atoms with E-state index in [-0.39, 0.29) is 11.9 Å². The molecule has 0 spiro atoms. The number of hydrogen-bond donors (Lipinski definition) is 0. The molecule has 0 N–H and O–H groups in total. The second kappa shape index (κ2) is 9.56. The second-order valence-corrected chi connectivity index (χ2v) is 9.94. The number of amides is 1. The van der Waals surface area contributed by atoms with Gasteiger partial charge in [0, 0.05) is 29.8 Å². The van der Waals surface area contributed by atoms with Gasteiger partial charge in [-0.05, 0) is 47.2 Å². The molecule has 186 valence electrons. The van der Waals surface area contributed by atoms with Gasteiger partial charge in [-0.25, -0.2) is 4.57 Å². The molecule has 1 aromatic heterocycles. The molecule has 0 unspecified atom stereocenters. The first-order chi connectivity index (χ1) is 18.1. The van der Waals surface area contributed by atoms with Crippen molar-refractivity contribution in [3.05, 3.63) is 112 Å². The Hall–Kier alpha value is -3.83. The molecule has 2 heterocycles. The van der Waals surface area contributed by atoms with Crippen molar-refractivity contribution < 1.29 is 18.8 Å². The number of fused-ring (bicyclic) bond motifs is 2. The number of aromatic nitrogens is 1. The van der Waals surface area contributed by atoms with Gasteiger partial charge >= 0.3 is 0 Å². The van der Waals surface area contributed by atoms with E-state index in [2.05, 4.69) is 30.3 Å². The lowest BCUT2D eigenvalue weighted by Gasteiger charge is -2.42. The largest absolute Gasteiger partial charge is 0.493 e. The quantitative estimate of drug-likeness (QED) is 0.325. The van der Waals surface area contributed by atoms with E-state index in [1.54, 1.807) is 14.2 Å². The highest BCUT2D eigenvalue weighted by Crippen LogP contribution is 2.52. The van der Waals surface area contributed by atoms with Crippen molar-refractivity contribution in [2.75, 3.05) is 20.8 Å². The van der Waals surface area contributed by atoms with Crippen LogP contribution in [0.15, 0.2) is 79.1 Å². The summed E-state index contributed by atoms with van der Waals surface area (Å²) in [7, 11) is 3.36. The molecule has 0 radical (unpaired) electrons. The van der Waals surface area contributed by atoms with Crippen molar-refractivity contribution in [3.63, 3.8) is 0 Å². The molecule has 2 aliphatic rings. The third-order valence-electron chi connectivity index (χ3n) is 7.54. The van der Waals surface area contributed by atoms with Crippen LogP contribution in [0.4, 0.5) is 0 Å². The zero-order chi connectivity index (χ0) is 25.5. The molecule has 6 rings (SSSR count). The highest BCUT2D eigenvalue weighted by Gasteiger charge is 2.39. The number of pyridine rings is 1. The summed E-state index contributed by atoms with van der Waals surface area (Å²) >= 11 is 6.33. The van der Waals surface area contributed by atoms with E-state index >= 15 is 0 Å². The Morgan fingerprint density at radius 1 is 1.00 bits per heavy atom. The molecular weight excluding hydrogens is 484 g/mol. The zero-order valence-electron chi connectivity index (χ0n) is 20.9. The molecule has 1 aliphatic heterocycles. The van der Waals surface area contributed by atoms with E-state index in [9.17, 15) is 4.79 Å². The number of nitrogens with zero attached hydrogens (tertiary/aromatic N) is 2. The SMILES string of the molecule is COc1cc2c3c(c1OC)-c1ccccc1C[C@H]3N(C(=O)c1cc[n+](Cc3ccccc3Cl)cc1)CC2. The summed E-state index contributed by atoms with van der Waals surface area (Å²) in [6, 6.07) is 22.0. The first-order valence-corrected chi connectivity index (χ1v) is 12.9. The number of benzene rings is 3. The van der Waals surface area contributed by atoms with Crippen LogP contribution in [0.2, 0.25) is 5.02 Å². The van der Waals surface area contributed by atoms with Crippen LogP contribution in [0.3, 0.4) is 0 Å². The summed E-state index contributed by atoms with van der Waals surface area (Å²) in [5.74, 6) is 1.51. The number of rotatable bonds is 5. The van der Waals surface area contributed by atoms with Gasteiger partial charge in [-0.2, -0.15) is 0 Å². The summed E-state index contributed by atoms with van der Waals surface area (Å²) in [6.45, 7) is 1.30. The average molecular weight is 512 g/mol. The second-order valence-electron chi connectivity index (χ2n) is 9.54. The van der Waals surface area contributed by atoms with Crippen molar-refractivity contribution in [2.45, 2.75) is 25.4 Å². The fourth-order valence-corrected chi connectivity index (χ4v) is 5.97. The molecule has 1 aliphatic carbocycles. The van der Waals surface area contributed by atoms with Gasteiger partial charge in [0.15, 0.2) is 30.4 Å².